The summed E-state index contributed by atoms with van der Waals surface area (Å²) in [5.41, 5.74) is 0. The number of phosphoric acid groups is 1. The summed E-state index contributed by atoms with van der Waals surface area (Å²) in [6, 6.07) is 0. The summed E-state index contributed by atoms with van der Waals surface area (Å²) in [7, 11) is -5.48. The van der Waals surface area contributed by atoms with Crippen molar-refractivity contribution < 1.29 is 17.9 Å². The second-order valence-corrected chi connectivity index (χ2v) is 11.9. The van der Waals surface area contributed by atoms with Crippen molar-refractivity contribution in [3.05, 3.63) is 0 Å². The predicted molar refractivity (Wildman–Crippen MR) is 99.6 cm³/mol. The second kappa shape index (κ2) is 12.9. The van der Waals surface area contributed by atoms with Crippen molar-refractivity contribution in [2.24, 2.45) is 0 Å². The Hall–Kier alpha value is 0.540. The molecule has 0 bridgehead atoms. The third-order valence-corrected chi connectivity index (χ3v) is 11.2. The second-order valence-electron chi connectivity index (χ2n) is 5.87. The Morgan fingerprint density at radius 1 is 0.727 bits per heavy atom. The fourth-order valence-electron chi connectivity index (χ4n) is 2.65. The summed E-state index contributed by atoms with van der Waals surface area (Å²) < 4.78 is 30.0. The Morgan fingerprint density at radius 3 is 1.36 bits per heavy atom. The van der Waals surface area contributed by atoms with Gasteiger partial charge in [0, 0.05) is 0 Å². The minimum atomic E-state index is -3.40. The van der Waals surface area contributed by atoms with Crippen LogP contribution in [0.3, 0.4) is 0 Å². The first kappa shape index (κ1) is 22.5. The Morgan fingerprint density at radius 2 is 1.09 bits per heavy atom. The van der Waals surface area contributed by atoms with Gasteiger partial charge in [0.2, 0.25) is 0 Å². The first-order valence-corrected chi connectivity index (χ1v) is 13.1. The van der Waals surface area contributed by atoms with Crippen molar-refractivity contribution in [2.75, 3.05) is 31.7 Å². The number of rotatable bonds is 15. The average molecular weight is 356 g/mol. The molecule has 0 aliphatic rings. The maximum absolute atomic E-state index is 12.9. The van der Waals surface area contributed by atoms with Gasteiger partial charge in [0.25, 0.3) is 0 Å². The van der Waals surface area contributed by atoms with E-state index >= 15 is 0 Å². The molecule has 0 N–H and O–H groups in total. The summed E-state index contributed by atoms with van der Waals surface area (Å²) in [4.78, 5) is 0. The SMILES string of the molecule is CCCC[PH](CCCC)(CCCC)OP(=O)(OCC)OCC. The van der Waals surface area contributed by atoms with E-state index in [1.807, 2.05) is 13.8 Å². The van der Waals surface area contributed by atoms with E-state index in [1.165, 1.54) is 0 Å². The van der Waals surface area contributed by atoms with Crippen LogP contribution in [-0.4, -0.2) is 31.7 Å². The third kappa shape index (κ3) is 8.99. The van der Waals surface area contributed by atoms with Gasteiger partial charge in [-0.3, -0.25) is 0 Å². The first-order chi connectivity index (χ1) is 10.5. The third-order valence-electron chi connectivity index (χ3n) is 3.84. The van der Waals surface area contributed by atoms with Gasteiger partial charge in [0.05, 0.1) is 0 Å². The van der Waals surface area contributed by atoms with Gasteiger partial charge in [-0.05, 0) is 0 Å². The molecule has 0 aliphatic heterocycles. The zero-order valence-electron chi connectivity index (χ0n) is 15.4. The van der Waals surface area contributed by atoms with E-state index in [-0.39, 0.29) is 0 Å². The van der Waals surface area contributed by atoms with E-state index in [0.717, 1.165) is 57.0 Å². The monoisotopic (exact) mass is 356 g/mol. The van der Waals surface area contributed by atoms with Crippen LogP contribution in [0.25, 0.3) is 0 Å². The van der Waals surface area contributed by atoms with E-state index in [2.05, 4.69) is 20.8 Å². The van der Waals surface area contributed by atoms with Crippen LogP contribution in [0.1, 0.15) is 73.1 Å². The molecular weight excluding hydrogens is 318 g/mol. The van der Waals surface area contributed by atoms with Crippen molar-refractivity contribution in [1.29, 1.82) is 0 Å². The van der Waals surface area contributed by atoms with Crippen LogP contribution in [0.4, 0.5) is 0 Å². The zero-order valence-corrected chi connectivity index (χ0v) is 17.3. The van der Waals surface area contributed by atoms with Gasteiger partial charge < -0.3 is 0 Å². The molecule has 0 spiro atoms. The molecule has 0 unspecified atom stereocenters. The molecule has 0 aliphatic carbocycles. The number of hydrogen-bond acceptors (Lipinski definition) is 4. The molecule has 0 aromatic carbocycles. The van der Waals surface area contributed by atoms with E-state index in [4.69, 9.17) is 13.4 Å². The standard InChI is InChI=1S/C16H38O4P2/c1-6-11-14-21(15-12-7-2,16-13-8-3)20-22(17,18-9-4)19-10-5/h21H,6-16H2,1-5H3. The number of hydrogen-bond donors (Lipinski definition) is 0. The Bertz CT molecular complexity index is 279. The van der Waals surface area contributed by atoms with Crippen molar-refractivity contribution in [1.82, 2.24) is 0 Å². The minimum absolute atomic E-state index is 0.358. The number of unbranched alkanes of at least 4 members (excludes halogenated alkanes) is 3. The molecule has 0 saturated heterocycles. The average Bonchev–Trinajstić information content (AvgIpc) is 2.49. The molecule has 22 heavy (non-hydrogen) atoms. The van der Waals surface area contributed by atoms with E-state index in [9.17, 15) is 4.57 Å². The molecule has 0 atom stereocenters. The van der Waals surface area contributed by atoms with Crippen LogP contribution in [0.5, 0.6) is 0 Å². The van der Waals surface area contributed by atoms with Crippen LogP contribution in [0.2, 0.25) is 0 Å². The van der Waals surface area contributed by atoms with Gasteiger partial charge in [0.15, 0.2) is 0 Å². The zero-order chi connectivity index (χ0) is 16.9. The molecule has 6 heteroatoms. The molecule has 0 amide bonds. The van der Waals surface area contributed by atoms with Crippen LogP contribution in [0, 0.1) is 0 Å². The van der Waals surface area contributed by atoms with Gasteiger partial charge >= 0.3 is 138 Å². The van der Waals surface area contributed by atoms with Gasteiger partial charge in [-0.1, -0.05) is 0 Å². The van der Waals surface area contributed by atoms with Crippen molar-refractivity contribution in [3.63, 3.8) is 0 Å². The van der Waals surface area contributed by atoms with Gasteiger partial charge in [-0.2, -0.15) is 0 Å². The van der Waals surface area contributed by atoms with Gasteiger partial charge in [-0.25, -0.2) is 0 Å². The summed E-state index contributed by atoms with van der Waals surface area (Å²) in [5.74, 6) is 0. The van der Waals surface area contributed by atoms with Crippen molar-refractivity contribution in [3.8, 4) is 0 Å². The molecule has 0 fully saturated rings. The molecule has 0 heterocycles. The van der Waals surface area contributed by atoms with Crippen molar-refractivity contribution in [2.45, 2.75) is 73.1 Å². The topological polar surface area (TPSA) is 44.8 Å². The Labute approximate surface area is 138 Å². The van der Waals surface area contributed by atoms with Crippen LogP contribution >= 0.6 is 15.3 Å². The van der Waals surface area contributed by atoms with Crippen molar-refractivity contribution >= 4 is 15.3 Å². The Kier molecular flexibility index (Phi) is 13.2. The molecule has 136 valence electrons. The summed E-state index contributed by atoms with van der Waals surface area (Å²) in [6.45, 7) is 11.0. The van der Waals surface area contributed by atoms with Gasteiger partial charge in [0.1, 0.15) is 0 Å². The van der Waals surface area contributed by atoms with Crippen LogP contribution in [-0.2, 0) is 17.9 Å². The Balaban J connectivity index is 5.21. The fraction of sp³-hybridized carbons (Fsp3) is 1.00. The van der Waals surface area contributed by atoms with E-state index in [0.29, 0.717) is 13.2 Å². The normalized spacial score (nSPS) is 13.5. The summed E-state index contributed by atoms with van der Waals surface area (Å²) >= 11 is 0. The van der Waals surface area contributed by atoms with E-state index in [1.54, 1.807) is 0 Å². The molecule has 0 rings (SSSR count). The van der Waals surface area contributed by atoms with E-state index < -0.39 is 15.3 Å². The fourth-order valence-corrected chi connectivity index (χ4v) is 10.5. The quantitative estimate of drug-likeness (QED) is 0.325. The molecular formula is C16H38O4P2. The van der Waals surface area contributed by atoms with Crippen LogP contribution < -0.4 is 0 Å². The van der Waals surface area contributed by atoms with Gasteiger partial charge in [-0.15, -0.1) is 0 Å². The number of phosphoric ester groups is 1. The predicted octanol–water partition coefficient (Wildman–Crippen LogP) is 6.25. The first-order valence-electron chi connectivity index (χ1n) is 9.11. The molecule has 0 radical (unpaired) electrons. The van der Waals surface area contributed by atoms with Crippen LogP contribution in [0.15, 0.2) is 0 Å². The molecule has 0 saturated carbocycles. The molecule has 0 aromatic heterocycles. The molecule has 4 nitrogen and oxygen atoms in total. The summed E-state index contributed by atoms with van der Waals surface area (Å²) in [5, 5.41) is 0. The molecule has 0 aromatic rings. The maximum atomic E-state index is 12.9. The summed E-state index contributed by atoms with van der Waals surface area (Å²) in [6.07, 6.45) is 10.0.